The largest absolute Gasteiger partial charge is 0.391 e. The Labute approximate surface area is 135 Å². The SMILES string of the molecule is CC(C)[C@H](NC1CCC(C(F)(F)F)CC1)C(=O)N1CCOCC1. The zero-order chi connectivity index (χ0) is 17.0. The molecule has 23 heavy (non-hydrogen) atoms. The maximum absolute atomic E-state index is 12.7. The van der Waals surface area contributed by atoms with Crippen LogP contribution in [0.25, 0.3) is 0 Å². The van der Waals surface area contributed by atoms with Gasteiger partial charge in [0.05, 0.1) is 25.2 Å². The van der Waals surface area contributed by atoms with Crippen LogP contribution in [0.3, 0.4) is 0 Å². The number of morpholine rings is 1. The van der Waals surface area contributed by atoms with E-state index in [-0.39, 0.29) is 36.8 Å². The molecule has 1 saturated heterocycles. The van der Waals surface area contributed by atoms with Crippen LogP contribution in [0.5, 0.6) is 0 Å². The smallest absolute Gasteiger partial charge is 0.378 e. The number of hydrogen-bond acceptors (Lipinski definition) is 3. The molecule has 2 fully saturated rings. The Morgan fingerprint density at radius 1 is 1.13 bits per heavy atom. The van der Waals surface area contributed by atoms with Crippen LogP contribution in [-0.4, -0.2) is 55.4 Å². The molecule has 2 rings (SSSR count). The Morgan fingerprint density at radius 2 is 1.70 bits per heavy atom. The molecule has 134 valence electrons. The van der Waals surface area contributed by atoms with Crippen LogP contribution in [0.2, 0.25) is 0 Å². The first-order valence-electron chi connectivity index (χ1n) is 8.48. The highest BCUT2D eigenvalue weighted by atomic mass is 19.4. The zero-order valence-electron chi connectivity index (χ0n) is 13.9. The summed E-state index contributed by atoms with van der Waals surface area (Å²) >= 11 is 0. The number of nitrogens with one attached hydrogen (secondary N) is 1. The van der Waals surface area contributed by atoms with Crippen LogP contribution in [0, 0.1) is 11.8 Å². The average molecular weight is 336 g/mol. The van der Waals surface area contributed by atoms with Crippen LogP contribution in [0.15, 0.2) is 0 Å². The third-order valence-corrected chi connectivity index (χ3v) is 4.86. The Morgan fingerprint density at radius 3 is 2.17 bits per heavy atom. The second-order valence-corrected chi connectivity index (χ2v) is 6.92. The fraction of sp³-hybridized carbons (Fsp3) is 0.938. The fourth-order valence-corrected chi connectivity index (χ4v) is 3.37. The van der Waals surface area contributed by atoms with E-state index in [1.807, 2.05) is 13.8 Å². The highest BCUT2D eigenvalue weighted by Crippen LogP contribution is 2.37. The van der Waals surface area contributed by atoms with E-state index >= 15 is 0 Å². The van der Waals surface area contributed by atoms with Crippen molar-refractivity contribution in [3.8, 4) is 0 Å². The van der Waals surface area contributed by atoms with Gasteiger partial charge in [-0.05, 0) is 31.6 Å². The number of amides is 1. The third-order valence-electron chi connectivity index (χ3n) is 4.86. The highest BCUT2D eigenvalue weighted by Gasteiger charge is 2.42. The molecule has 0 aromatic heterocycles. The van der Waals surface area contributed by atoms with E-state index in [9.17, 15) is 18.0 Å². The van der Waals surface area contributed by atoms with E-state index in [1.165, 1.54) is 0 Å². The molecular formula is C16H27F3N2O2. The zero-order valence-corrected chi connectivity index (χ0v) is 13.9. The van der Waals surface area contributed by atoms with Gasteiger partial charge in [0.1, 0.15) is 0 Å². The Bertz CT molecular complexity index is 387. The van der Waals surface area contributed by atoms with Crippen LogP contribution in [0.4, 0.5) is 13.2 Å². The van der Waals surface area contributed by atoms with Gasteiger partial charge in [0.25, 0.3) is 0 Å². The number of rotatable bonds is 4. The van der Waals surface area contributed by atoms with Crippen molar-refractivity contribution >= 4 is 5.91 Å². The van der Waals surface area contributed by atoms with Gasteiger partial charge in [-0.2, -0.15) is 13.2 Å². The summed E-state index contributed by atoms with van der Waals surface area (Å²) in [4.78, 5) is 14.5. The average Bonchev–Trinajstić information content (AvgIpc) is 2.52. The molecular weight excluding hydrogens is 309 g/mol. The Balaban J connectivity index is 1.89. The Kier molecular flexibility index (Phi) is 6.31. The molecule has 1 saturated carbocycles. The standard InChI is InChI=1S/C16H27F3N2O2/c1-11(2)14(15(22)21-7-9-23-10-8-21)20-13-5-3-12(4-6-13)16(17,18)19/h11-14,20H,3-10H2,1-2H3/t12?,13?,14-/m0/s1. The van der Waals surface area contributed by atoms with Crippen molar-refractivity contribution in [2.45, 2.75) is 57.8 Å². The summed E-state index contributed by atoms with van der Waals surface area (Å²) in [5, 5.41) is 3.33. The third kappa shape index (κ3) is 5.08. The second-order valence-electron chi connectivity index (χ2n) is 6.92. The molecule has 1 aliphatic heterocycles. The summed E-state index contributed by atoms with van der Waals surface area (Å²) in [6.45, 7) is 6.21. The van der Waals surface area contributed by atoms with Crippen LogP contribution < -0.4 is 5.32 Å². The highest BCUT2D eigenvalue weighted by molar-refractivity contribution is 5.82. The van der Waals surface area contributed by atoms with Gasteiger partial charge in [-0.3, -0.25) is 4.79 Å². The summed E-state index contributed by atoms with van der Waals surface area (Å²) in [5.41, 5.74) is 0. The minimum absolute atomic E-state index is 0.00834. The van der Waals surface area contributed by atoms with Crippen molar-refractivity contribution in [1.82, 2.24) is 10.2 Å². The topological polar surface area (TPSA) is 41.6 Å². The molecule has 7 heteroatoms. The van der Waals surface area contributed by atoms with Crippen LogP contribution in [-0.2, 0) is 9.53 Å². The first-order valence-corrected chi connectivity index (χ1v) is 8.48. The van der Waals surface area contributed by atoms with Gasteiger partial charge in [0, 0.05) is 19.1 Å². The van der Waals surface area contributed by atoms with Gasteiger partial charge < -0.3 is 15.0 Å². The number of ether oxygens (including phenoxy) is 1. The van der Waals surface area contributed by atoms with Gasteiger partial charge in [-0.15, -0.1) is 0 Å². The lowest BCUT2D eigenvalue weighted by Crippen LogP contribution is -2.55. The number of nitrogens with zero attached hydrogens (tertiary/aromatic N) is 1. The summed E-state index contributed by atoms with van der Waals surface area (Å²) in [7, 11) is 0. The lowest BCUT2D eigenvalue weighted by molar-refractivity contribution is -0.183. The normalized spacial score (nSPS) is 28.0. The molecule has 1 N–H and O–H groups in total. The predicted molar refractivity (Wildman–Crippen MR) is 81.0 cm³/mol. The second kappa shape index (κ2) is 7.83. The molecule has 0 aromatic rings. The summed E-state index contributed by atoms with van der Waals surface area (Å²) in [6.07, 6.45) is -2.84. The van der Waals surface area contributed by atoms with E-state index in [0.717, 1.165) is 0 Å². The van der Waals surface area contributed by atoms with E-state index in [1.54, 1.807) is 4.90 Å². The maximum Gasteiger partial charge on any atom is 0.391 e. The molecule has 0 unspecified atom stereocenters. The first kappa shape index (κ1) is 18.5. The van der Waals surface area contributed by atoms with E-state index < -0.39 is 12.1 Å². The number of hydrogen-bond donors (Lipinski definition) is 1. The Hall–Kier alpha value is -0.820. The van der Waals surface area contributed by atoms with Crippen molar-refractivity contribution in [3.63, 3.8) is 0 Å². The fourth-order valence-electron chi connectivity index (χ4n) is 3.37. The van der Waals surface area contributed by atoms with Crippen LogP contribution in [0.1, 0.15) is 39.5 Å². The molecule has 1 atom stereocenters. The lowest BCUT2D eigenvalue weighted by Gasteiger charge is -2.36. The molecule has 1 heterocycles. The van der Waals surface area contributed by atoms with Crippen molar-refractivity contribution < 1.29 is 22.7 Å². The van der Waals surface area contributed by atoms with Gasteiger partial charge in [0.2, 0.25) is 5.91 Å². The number of halogens is 3. The van der Waals surface area contributed by atoms with E-state index in [0.29, 0.717) is 39.1 Å². The van der Waals surface area contributed by atoms with Gasteiger partial charge in [-0.1, -0.05) is 13.8 Å². The molecule has 1 amide bonds. The predicted octanol–water partition coefficient (Wildman–Crippen LogP) is 2.58. The molecule has 4 nitrogen and oxygen atoms in total. The molecule has 2 aliphatic rings. The maximum atomic E-state index is 12.7. The van der Waals surface area contributed by atoms with Gasteiger partial charge >= 0.3 is 6.18 Å². The van der Waals surface area contributed by atoms with Gasteiger partial charge in [0.15, 0.2) is 0 Å². The molecule has 0 aromatic carbocycles. The quantitative estimate of drug-likeness (QED) is 0.858. The van der Waals surface area contributed by atoms with E-state index in [4.69, 9.17) is 4.74 Å². The number of carbonyl (C=O) groups is 1. The molecule has 0 spiro atoms. The molecule has 1 aliphatic carbocycles. The summed E-state index contributed by atoms with van der Waals surface area (Å²) in [6, 6.07) is -0.341. The van der Waals surface area contributed by atoms with Gasteiger partial charge in [-0.25, -0.2) is 0 Å². The molecule has 0 bridgehead atoms. The van der Waals surface area contributed by atoms with Crippen molar-refractivity contribution in [2.24, 2.45) is 11.8 Å². The lowest BCUT2D eigenvalue weighted by atomic mass is 9.85. The summed E-state index contributed by atoms with van der Waals surface area (Å²) < 4.78 is 43.5. The van der Waals surface area contributed by atoms with Crippen molar-refractivity contribution in [1.29, 1.82) is 0 Å². The number of carbonyl (C=O) groups excluding carboxylic acids is 1. The van der Waals surface area contributed by atoms with E-state index in [2.05, 4.69) is 5.32 Å². The summed E-state index contributed by atoms with van der Waals surface area (Å²) in [5.74, 6) is -1.04. The minimum atomic E-state index is -4.09. The van der Waals surface area contributed by atoms with Crippen LogP contribution >= 0.6 is 0 Å². The van der Waals surface area contributed by atoms with Crippen molar-refractivity contribution in [2.75, 3.05) is 26.3 Å². The molecule has 0 radical (unpaired) electrons. The van der Waals surface area contributed by atoms with Crippen molar-refractivity contribution in [3.05, 3.63) is 0 Å². The minimum Gasteiger partial charge on any atom is -0.378 e. The first-order chi connectivity index (χ1) is 10.8. The monoisotopic (exact) mass is 336 g/mol. The number of alkyl halides is 3.